The molecule has 0 saturated heterocycles. The molecule has 1 heterocycles. The number of carbonyl (C=O) groups excluding carboxylic acids is 2. The summed E-state index contributed by atoms with van der Waals surface area (Å²) in [5.74, 6) is -0.325. The number of rotatable bonds is 6. The fourth-order valence-corrected chi connectivity index (χ4v) is 2.06. The Kier molecular flexibility index (Phi) is 5.74. The molecule has 1 aromatic rings. The minimum atomic E-state index is -0.852. The van der Waals surface area contributed by atoms with Gasteiger partial charge in [-0.15, -0.1) is 0 Å². The van der Waals surface area contributed by atoms with Crippen LogP contribution >= 0.6 is 15.9 Å². The molecule has 0 fully saturated rings. The van der Waals surface area contributed by atoms with Crippen LogP contribution < -0.4 is 5.32 Å². The summed E-state index contributed by atoms with van der Waals surface area (Å²) in [4.78, 5) is 25.8. The number of nitrogens with one attached hydrogen (secondary N) is 1. The molecule has 0 aliphatic rings. The zero-order valence-corrected chi connectivity index (χ0v) is 13.9. The monoisotopic (exact) mass is 344 g/mol. The average Bonchev–Trinajstić information content (AvgIpc) is 2.84. The molecule has 0 unspecified atom stereocenters. The second-order valence-corrected chi connectivity index (χ2v) is 5.83. The molecule has 20 heavy (non-hydrogen) atoms. The van der Waals surface area contributed by atoms with Crippen LogP contribution in [-0.2, 0) is 15.1 Å². The zero-order valence-electron chi connectivity index (χ0n) is 12.3. The average molecular weight is 345 g/mol. The van der Waals surface area contributed by atoms with E-state index in [2.05, 4.69) is 26.3 Å². The van der Waals surface area contributed by atoms with Crippen molar-refractivity contribution in [2.45, 2.75) is 33.2 Å². The molecule has 0 radical (unpaired) electrons. The van der Waals surface area contributed by atoms with Crippen LogP contribution in [0.2, 0.25) is 0 Å². The van der Waals surface area contributed by atoms with Crippen LogP contribution in [0.1, 0.15) is 27.7 Å². The van der Waals surface area contributed by atoms with Gasteiger partial charge in [-0.1, -0.05) is 0 Å². The van der Waals surface area contributed by atoms with E-state index in [1.54, 1.807) is 35.8 Å². The summed E-state index contributed by atoms with van der Waals surface area (Å²) in [5.41, 5.74) is -0.852. The van der Waals surface area contributed by atoms with Crippen LogP contribution in [-0.4, -0.2) is 46.1 Å². The molecule has 1 aromatic heterocycles. The van der Waals surface area contributed by atoms with Crippen molar-refractivity contribution < 1.29 is 9.59 Å². The van der Waals surface area contributed by atoms with Gasteiger partial charge in [0, 0.05) is 19.3 Å². The molecule has 0 saturated carbocycles. The van der Waals surface area contributed by atoms with E-state index in [4.69, 9.17) is 0 Å². The van der Waals surface area contributed by atoms with E-state index in [-0.39, 0.29) is 18.4 Å². The topological polar surface area (TPSA) is 67.2 Å². The summed E-state index contributed by atoms with van der Waals surface area (Å²) in [6.07, 6.45) is 3.35. The van der Waals surface area contributed by atoms with E-state index in [1.807, 2.05) is 13.8 Å². The van der Waals surface area contributed by atoms with Gasteiger partial charge in [-0.3, -0.25) is 14.3 Å². The molecule has 1 N–H and O–H groups in total. The smallest absolute Gasteiger partial charge is 0.247 e. The van der Waals surface area contributed by atoms with E-state index < -0.39 is 5.54 Å². The number of amides is 2. The first-order valence-electron chi connectivity index (χ1n) is 6.59. The third-order valence-electron chi connectivity index (χ3n) is 3.20. The largest absolute Gasteiger partial charge is 0.345 e. The van der Waals surface area contributed by atoms with Crippen LogP contribution in [0.5, 0.6) is 0 Å². The lowest BCUT2D eigenvalue weighted by molar-refractivity contribution is -0.135. The number of likely N-dealkylation sites (N-methyl/N-ethyl adjacent to an activating group) is 1. The Bertz CT molecular complexity index is 480. The molecule has 0 atom stereocenters. The predicted octanol–water partition coefficient (Wildman–Crippen LogP) is 1.37. The quantitative estimate of drug-likeness (QED) is 0.847. The van der Waals surface area contributed by atoms with Crippen molar-refractivity contribution >= 4 is 27.7 Å². The number of nitrogens with zero attached hydrogens (tertiary/aromatic N) is 3. The lowest BCUT2D eigenvalue weighted by atomic mass is 10.1. The van der Waals surface area contributed by atoms with Crippen molar-refractivity contribution in [2.24, 2.45) is 0 Å². The van der Waals surface area contributed by atoms with Crippen molar-refractivity contribution in [3.8, 4) is 0 Å². The Hall–Kier alpha value is -1.37. The van der Waals surface area contributed by atoms with Gasteiger partial charge in [-0.25, -0.2) is 0 Å². The SMILES string of the molecule is CCN(CC)C(=O)CNC(=O)C(C)(C)n1cc(Br)cn1. The first-order chi connectivity index (χ1) is 9.32. The fraction of sp³-hybridized carbons (Fsp3) is 0.615. The van der Waals surface area contributed by atoms with Crippen molar-refractivity contribution in [1.82, 2.24) is 20.0 Å². The summed E-state index contributed by atoms with van der Waals surface area (Å²) >= 11 is 3.30. The van der Waals surface area contributed by atoms with E-state index in [9.17, 15) is 9.59 Å². The van der Waals surface area contributed by atoms with E-state index in [0.29, 0.717) is 13.1 Å². The van der Waals surface area contributed by atoms with Crippen LogP contribution in [0.4, 0.5) is 0 Å². The number of hydrogen-bond donors (Lipinski definition) is 1. The minimum absolute atomic E-state index is 0.00633. The van der Waals surface area contributed by atoms with Gasteiger partial charge in [0.2, 0.25) is 11.8 Å². The molecular formula is C13H21BrN4O2. The first kappa shape index (κ1) is 16.7. The van der Waals surface area contributed by atoms with Crippen molar-refractivity contribution in [1.29, 1.82) is 0 Å². The lowest BCUT2D eigenvalue weighted by Crippen LogP contribution is -2.48. The van der Waals surface area contributed by atoms with Gasteiger partial charge < -0.3 is 10.2 Å². The first-order valence-corrected chi connectivity index (χ1v) is 7.38. The van der Waals surface area contributed by atoms with Gasteiger partial charge in [0.25, 0.3) is 0 Å². The maximum Gasteiger partial charge on any atom is 0.247 e. The number of aromatic nitrogens is 2. The maximum atomic E-state index is 12.2. The zero-order chi connectivity index (χ0) is 15.3. The van der Waals surface area contributed by atoms with Gasteiger partial charge in [-0.2, -0.15) is 5.10 Å². The summed E-state index contributed by atoms with van der Waals surface area (Å²) in [6.45, 7) is 8.62. The third kappa shape index (κ3) is 3.82. The Balaban J connectivity index is 2.64. The van der Waals surface area contributed by atoms with Gasteiger partial charge in [0.1, 0.15) is 5.54 Å². The Morgan fingerprint density at radius 3 is 2.45 bits per heavy atom. The minimum Gasteiger partial charge on any atom is -0.345 e. The highest BCUT2D eigenvalue weighted by Gasteiger charge is 2.30. The Labute approximate surface area is 127 Å². The third-order valence-corrected chi connectivity index (χ3v) is 3.61. The van der Waals surface area contributed by atoms with E-state index >= 15 is 0 Å². The van der Waals surface area contributed by atoms with Crippen molar-refractivity contribution in [2.75, 3.05) is 19.6 Å². The second-order valence-electron chi connectivity index (χ2n) is 4.91. The summed E-state index contributed by atoms with van der Waals surface area (Å²) in [7, 11) is 0. The van der Waals surface area contributed by atoms with Crippen molar-refractivity contribution in [3.05, 3.63) is 16.9 Å². The standard InChI is InChI=1S/C13H21BrN4O2/c1-5-17(6-2)11(19)8-15-12(20)13(3,4)18-9-10(14)7-16-18/h7,9H,5-6,8H2,1-4H3,(H,15,20). The Morgan fingerprint density at radius 1 is 1.40 bits per heavy atom. The van der Waals surface area contributed by atoms with Crippen molar-refractivity contribution in [3.63, 3.8) is 0 Å². The van der Waals surface area contributed by atoms with Crippen LogP contribution in [0.25, 0.3) is 0 Å². The van der Waals surface area contributed by atoms with Gasteiger partial charge in [0.15, 0.2) is 0 Å². The molecule has 6 nitrogen and oxygen atoms in total. The Morgan fingerprint density at radius 2 is 2.00 bits per heavy atom. The molecule has 0 bridgehead atoms. The molecule has 0 aliphatic carbocycles. The highest BCUT2D eigenvalue weighted by Crippen LogP contribution is 2.17. The summed E-state index contributed by atoms with van der Waals surface area (Å²) < 4.78 is 2.37. The predicted molar refractivity (Wildman–Crippen MR) is 80.2 cm³/mol. The normalized spacial score (nSPS) is 11.2. The van der Waals surface area contributed by atoms with Gasteiger partial charge in [-0.05, 0) is 43.6 Å². The molecule has 112 valence electrons. The molecule has 0 spiro atoms. The molecule has 7 heteroatoms. The lowest BCUT2D eigenvalue weighted by Gasteiger charge is -2.25. The van der Waals surface area contributed by atoms with Crippen LogP contribution in [0, 0.1) is 0 Å². The van der Waals surface area contributed by atoms with E-state index in [0.717, 1.165) is 4.47 Å². The highest BCUT2D eigenvalue weighted by molar-refractivity contribution is 9.10. The molecule has 1 rings (SSSR count). The van der Waals surface area contributed by atoms with Gasteiger partial charge in [0.05, 0.1) is 17.2 Å². The van der Waals surface area contributed by atoms with E-state index in [1.165, 1.54) is 0 Å². The molecular weight excluding hydrogens is 324 g/mol. The molecule has 0 aromatic carbocycles. The summed E-state index contributed by atoms with van der Waals surface area (Å²) in [6, 6.07) is 0. The van der Waals surface area contributed by atoms with Gasteiger partial charge >= 0.3 is 0 Å². The number of carbonyl (C=O) groups is 2. The molecule has 2 amide bonds. The number of halogens is 1. The second kappa shape index (κ2) is 6.88. The maximum absolute atomic E-state index is 12.2. The van der Waals surface area contributed by atoms with Crippen LogP contribution in [0.3, 0.4) is 0 Å². The molecule has 0 aliphatic heterocycles. The summed E-state index contributed by atoms with van der Waals surface area (Å²) in [5, 5.41) is 6.79. The van der Waals surface area contributed by atoms with Crippen LogP contribution in [0.15, 0.2) is 16.9 Å². The fourth-order valence-electron chi connectivity index (χ4n) is 1.77. The number of hydrogen-bond acceptors (Lipinski definition) is 3. The highest BCUT2D eigenvalue weighted by atomic mass is 79.9.